The second-order valence-corrected chi connectivity index (χ2v) is 7.58. The van der Waals surface area contributed by atoms with Crippen molar-refractivity contribution in [1.82, 2.24) is 0 Å². The van der Waals surface area contributed by atoms with Gasteiger partial charge in [-0.15, -0.1) is 31.8 Å². The largest absolute Gasteiger partial charge is 0.372 e. The molecule has 27 heavy (non-hydrogen) atoms. The summed E-state index contributed by atoms with van der Waals surface area (Å²) in [6.45, 7) is 8.14. The summed E-state index contributed by atoms with van der Waals surface area (Å²) in [5.41, 5.74) is 3.45. The Hall–Kier alpha value is -1.58. The van der Waals surface area contributed by atoms with Crippen LogP contribution >= 0.6 is 25.3 Å². The van der Waals surface area contributed by atoms with Gasteiger partial charge in [-0.1, -0.05) is 61.4 Å². The lowest BCUT2D eigenvalue weighted by molar-refractivity contribution is 0.633. The van der Waals surface area contributed by atoms with Gasteiger partial charge in [0.15, 0.2) is 0 Å². The molecule has 0 saturated carbocycles. The predicted octanol–water partition coefficient (Wildman–Crippen LogP) is 7.33. The first-order chi connectivity index (χ1) is 13.2. The van der Waals surface area contributed by atoms with Crippen LogP contribution in [0.4, 0.5) is 5.69 Å². The van der Waals surface area contributed by atoms with Crippen molar-refractivity contribution in [1.29, 1.82) is 0 Å². The van der Waals surface area contributed by atoms with Crippen LogP contribution in [0.1, 0.15) is 50.2 Å². The highest BCUT2D eigenvalue weighted by atomic mass is 32.1. The Balaban J connectivity index is 1.99. The molecule has 2 aromatic carbocycles. The van der Waals surface area contributed by atoms with Gasteiger partial charge in [0, 0.05) is 28.6 Å². The Morgan fingerprint density at radius 1 is 0.852 bits per heavy atom. The molecule has 0 aliphatic carbocycles. The van der Waals surface area contributed by atoms with Crippen LogP contribution < -0.4 is 4.90 Å². The highest BCUT2D eigenvalue weighted by Crippen LogP contribution is 2.32. The maximum atomic E-state index is 4.71. The molecule has 0 N–H and O–H groups in total. The molecule has 0 radical (unpaired) electrons. The van der Waals surface area contributed by atoms with Crippen molar-refractivity contribution in [2.45, 2.75) is 39.0 Å². The standard InChI is InChI=1S/C24H31NS2/c1-3-5-6-7-8-12-19-25(4-2)22-17-15-21(16-18-22)24(27)23(26)20-13-10-9-11-14-20/h3,9-11,13-18,26-27H,1,4-8,12,19H2,2H3. The highest BCUT2D eigenvalue weighted by Gasteiger charge is 2.08. The third kappa shape index (κ3) is 6.82. The molecule has 0 bridgehead atoms. The van der Waals surface area contributed by atoms with Crippen molar-refractivity contribution < 1.29 is 0 Å². The number of benzene rings is 2. The normalized spacial score (nSPS) is 11.8. The molecule has 0 aliphatic heterocycles. The van der Waals surface area contributed by atoms with Crippen LogP contribution in [0.2, 0.25) is 0 Å². The monoisotopic (exact) mass is 397 g/mol. The highest BCUT2D eigenvalue weighted by molar-refractivity contribution is 7.96. The summed E-state index contributed by atoms with van der Waals surface area (Å²) in [6.07, 6.45) is 8.22. The second kappa shape index (κ2) is 12.0. The number of allylic oxidation sites excluding steroid dienone is 1. The van der Waals surface area contributed by atoms with E-state index in [0.29, 0.717) is 0 Å². The number of nitrogens with zero attached hydrogens (tertiary/aromatic N) is 1. The van der Waals surface area contributed by atoms with Crippen LogP contribution in [-0.4, -0.2) is 13.1 Å². The topological polar surface area (TPSA) is 3.24 Å². The lowest BCUT2D eigenvalue weighted by atomic mass is 10.1. The zero-order valence-electron chi connectivity index (χ0n) is 16.3. The van der Waals surface area contributed by atoms with Crippen molar-refractivity contribution in [3.8, 4) is 0 Å². The fourth-order valence-electron chi connectivity index (χ4n) is 3.11. The summed E-state index contributed by atoms with van der Waals surface area (Å²) in [4.78, 5) is 4.25. The lowest BCUT2D eigenvalue weighted by Crippen LogP contribution is -2.23. The first-order valence-corrected chi connectivity index (χ1v) is 10.7. The molecule has 3 heteroatoms. The number of hydrogen-bond acceptors (Lipinski definition) is 3. The maximum Gasteiger partial charge on any atom is 0.0366 e. The molecule has 0 aliphatic rings. The molecule has 0 spiro atoms. The van der Waals surface area contributed by atoms with Crippen LogP contribution in [0.3, 0.4) is 0 Å². The van der Waals surface area contributed by atoms with E-state index < -0.39 is 0 Å². The SMILES string of the molecule is C=CCCCCCCN(CC)c1ccc(C(S)=C(S)c2ccccc2)cc1. The summed E-state index contributed by atoms with van der Waals surface area (Å²) in [5, 5.41) is 0. The van der Waals surface area contributed by atoms with Crippen molar-refractivity contribution in [3.63, 3.8) is 0 Å². The summed E-state index contributed by atoms with van der Waals surface area (Å²) in [6, 6.07) is 18.8. The van der Waals surface area contributed by atoms with Crippen molar-refractivity contribution in [2.75, 3.05) is 18.0 Å². The molecule has 0 saturated heterocycles. The van der Waals surface area contributed by atoms with Gasteiger partial charge >= 0.3 is 0 Å². The van der Waals surface area contributed by atoms with Gasteiger partial charge in [-0.05, 0) is 49.4 Å². The van der Waals surface area contributed by atoms with E-state index in [4.69, 9.17) is 12.6 Å². The molecular weight excluding hydrogens is 366 g/mol. The third-order valence-electron chi connectivity index (χ3n) is 4.75. The van der Waals surface area contributed by atoms with Gasteiger partial charge in [-0.25, -0.2) is 0 Å². The second-order valence-electron chi connectivity index (χ2n) is 6.68. The summed E-state index contributed by atoms with van der Waals surface area (Å²) < 4.78 is 0. The minimum absolute atomic E-state index is 0.901. The van der Waals surface area contributed by atoms with Gasteiger partial charge in [-0.3, -0.25) is 0 Å². The van der Waals surface area contributed by atoms with Gasteiger partial charge in [0.2, 0.25) is 0 Å². The van der Waals surface area contributed by atoms with Gasteiger partial charge in [0.1, 0.15) is 0 Å². The van der Waals surface area contributed by atoms with E-state index in [9.17, 15) is 0 Å². The molecule has 0 atom stereocenters. The van der Waals surface area contributed by atoms with E-state index >= 15 is 0 Å². The number of hydrogen-bond donors (Lipinski definition) is 2. The Morgan fingerprint density at radius 2 is 1.44 bits per heavy atom. The molecule has 0 heterocycles. The van der Waals surface area contributed by atoms with Crippen molar-refractivity contribution >= 4 is 40.8 Å². The Kier molecular flexibility index (Phi) is 9.65. The Bertz CT molecular complexity index is 720. The summed E-state index contributed by atoms with van der Waals surface area (Å²) in [5.74, 6) is 0. The fourth-order valence-corrected chi connectivity index (χ4v) is 3.67. The molecule has 1 nitrogen and oxygen atoms in total. The first kappa shape index (κ1) is 21.7. The molecule has 2 aromatic rings. The molecular formula is C24H31NS2. The third-order valence-corrected chi connectivity index (χ3v) is 5.89. The number of rotatable bonds is 11. The van der Waals surface area contributed by atoms with Crippen molar-refractivity contribution in [2.24, 2.45) is 0 Å². The lowest BCUT2D eigenvalue weighted by Gasteiger charge is -2.23. The van der Waals surface area contributed by atoms with E-state index in [2.05, 4.69) is 67.4 Å². The molecule has 0 amide bonds. The van der Waals surface area contributed by atoms with Gasteiger partial charge in [0.05, 0.1) is 0 Å². The zero-order chi connectivity index (χ0) is 19.5. The van der Waals surface area contributed by atoms with Crippen LogP contribution in [-0.2, 0) is 0 Å². The average Bonchev–Trinajstić information content (AvgIpc) is 2.73. The van der Waals surface area contributed by atoms with E-state index in [1.54, 1.807) is 0 Å². The zero-order valence-corrected chi connectivity index (χ0v) is 18.1. The minimum Gasteiger partial charge on any atom is -0.372 e. The first-order valence-electron chi connectivity index (χ1n) is 9.81. The van der Waals surface area contributed by atoms with Crippen LogP contribution in [0.5, 0.6) is 0 Å². The van der Waals surface area contributed by atoms with Gasteiger partial charge in [-0.2, -0.15) is 0 Å². The Morgan fingerprint density at radius 3 is 2.04 bits per heavy atom. The predicted molar refractivity (Wildman–Crippen MR) is 129 cm³/mol. The summed E-state index contributed by atoms with van der Waals surface area (Å²) in [7, 11) is 0. The van der Waals surface area contributed by atoms with Crippen LogP contribution in [0, 0.1) is 0 Å². The molecule has 0 unspecified atom stereocenters. The average molecular weight is 398 g/mol. The molecule has 0 fully saturated rings. The maximum absolute atomic E-state index is 4.71. The van der Waals surface area contributed by atoms with E-state index in [-0.39, 0.29) is 0 Å². The molecule has 144 valence electrons. The van der Waals surface area contributed by atoms with Crippen LogP contribution in [0.25, 0.3) is 9.81 Å². The fraction of sp³-hybridized carbons (Fsp3) is 0.333. The summed E-state index contributed by atoms with van der Waals surface area (Å²) >= 11 is 9.39. The smallest absolute Gasteiger partial charge is 0.0366 e. The number of unbranched alkanes of at least 4 members (excludes halogenated alkanes) is 4. The number of thiol groups is 2. The molecule has 2 rings (SSSR count). The van der Waals surface area contributed by atoms with E-state index in [1.807, 2.05) is 24.3 Å². The van der Waals surface area contributed by atoms with E-state index in [1.165, 1.54) is 31.4 Å². The number of anilines is 1. The van der Waals surface area contributed by atoms with Crippen molar-refractivity contribution in [3.05, 3.63) is 78.4 Å². The quantitative estimate of drug-likeness (QED) is 0.174. The van der Waals surface area contributed by atoms with E-state index in [0.717, 1.165) is 40.4 Å². The van der Waals surface area contributed by atoms with Gasteiger partial charge in [0.25, 0.3) is 0 Å². The molecule has 0 aromatic heterocycles. The van der Waals surface area contributed by atoms with Gasteiger partial charge < -0.3 is 4.90 Å². The van der Waals surface area contributed by atoms with Crippen LogP contribution in [0.15, 0.2) is 67.3 Å². The Labute approximate surface area is 176 Å². The minimum atomic E-state index is 0.901.